The number of ether oxygens (including phenoxy) is 1. The molecule has 0 aliphatic heterocycles. The van der Waals surface area contributed by atoms with Gasteiger partial charge in [0.1, 0.15) is 18.1 Å². The van der Waals surface area contributed by atoms with Gasteiger partial charge in [0.2, 0.25) is 5.91 Å². The predicted octanol–water partition coefficient (Wildman–Crippen LogP) is 3.71. The minimum atomic E-state index is -4.77. The number of nitrogens with one attached hydrogen (secondary N) is 2. The fraction of sp³-hybridized carbons (Fsp3) is 0.125. The van der Waals surface area contributed by atoms with Gasteiger partial charge >= 0.3 is 6.36 Å². The van der Waals surface area contributed by atoms with E-state index in [0.717, 1.165) is 12.1 Å². The van der Waals surface area contributed by atoms with Gasteiger partial charge in [0.05, 0.1) is 0 Å². The molecule has 0 saturated carbocycles. The van der Waals surface area contributed by atoms with Gasteiger partial charge in [-0.2, -0.15) is 0 Å². The first-order chi connectivity index (χ1) is 12.2. The fourth-order valence-electron chi connectivity index (χ4n) is 1.82. The Hall–Kier alpha value is -2.57. The molecule has 0 unspecified atom stereocenters. The second-order valence-electron chi connectivity index (χ2n) is 4.95. The Morgan fingerprint density at radius 1 is 1.00 bits per heavy atom. The summed E-state index contributed by atoms with van der Waals surface area (Å²) in [6.07, 6.45) is -4.77. The maximum Gasteiger partial charge on any atom is 0.573 e. The average Bonchev–Trinajstić information content (AvgIpc) is 2.56. The predicted molar refractivity (Wildman–Crippen MR) is 104 cm³/mol. The molecule has 0 saturated heterocycles. The Labute approximate surface area is 168 Å². The number of rotatable bonds is 5. The summed E-state index contributed by atoms with van der Waals surface area (Å²) in [5.41, 5.74) is 6.37. The molecule has 2 rings (SSSR count). The molecule has 0 heterocycles. The number of benzene rings is 2. The maximum atomic E-state index is 12.8. The molecule has 0 fully saturated rings. The number of carbonyl (C=O) groups is 1. The van der Waals surface area contributed by atoms with Crippen LogP contribution in [0.4, 0.5) is 28.9 Å². The zero-order valence-electron chi connectivity index (χ0n) is 13.6. The molecule has 6 nitrogen and oxygen atoms in total. The summed E-state index contributed by atoms with van der Waals surface area (Å²) in [5, 5.41) is 5.12. The highest BCUT2D eigenvalue weighted by atomic mass is 127. The molecule has 146 valence electrons. The van der Waals surface area contributed by atoms with E-state index in [1.165, 1.54) is 36.4 Å². The highest BCUT2D eigenvalue weighted by molar-refractivity contribution is 14.0. The van der Waals surface area contributed by atoms with Gasteiger partial charge < -0.3 is 21.1 Å². The van der Waals surface area contributed by atoms with E-state index in [1.54, 1.807) is 0 Å². The zero-order valence-corrected chi connectivity index (χ0v) is 15.9. The largest absolute Gasteiger partial charge is 0.573 e. The maximum absolute atomic E-state index is 12.8. The SMILES string of the molecule is I.NC(=NCC(=O)Nc1ccc(F)cc1)Nc1ccc(OC(F)(F)F)cc1. The van der Waals surface area contributed by atoms with E-state index in [0.29, 0.717) is 11.4 Å². The van der Waals surface area contributed by atoms with Crippen LogP contribution < -0.4 is 21.1 Å². The molecule has 0 bridgehead atoms. The number of aliphatic imine (C=N–C) groups is 1. The van der Waals surface area contributed by atoms with E-state index >= 15 is 0 Å². The van der Waals surface area contributed by atoms with Gasteiger partial charge in [-0.05, 0) is 48.5 Å². The van der Waals surface area contributed by atoms with Crippen LogP contribution in [0.15, 0.2) is 53.5 Å². The number of halogens is 5. The van der Waals surface area contributed by atoms with E-state index < -0.39 is 18.1 Å². The third-order valence-corrected chi connectivity index (χ3v) is 2.88. The number of alkyl halides is 3. The first-order valence-electron chi connectivity index (χ1n) is 7.19. The van der Waals surface area contributed by atoms with Gasteiger partial charge in [-0.15, -0.1) is 37.1 Å². The van der Waals surface area contributed by atoms with Crippen molar-refractivity contribution in [1.82, 2.24) is 0 Å². The van der Waals surface area contributed by atoms with Crippen molar-refractivity contribution in [1.29, 1.82) is 0 Å². The lowest BCUT2D eigenvalue weighted by atomic mass is 10.3. The first-order valence-corrected chi connectivity index (χ1v) is 7.19. The Kier molecular flexibility index (Phi) is 8.28. The number of nitrogens with zero attached hydrogens (tertiary/aromatic N) is 1. The summed E-state index contributed by atoms with van der Waals surface area (Å²) >= 11 is 0. The lowest BCUT2D eigenvalue weighted by Gasteiger charge is -2.10. The molecule has 4 N–H and O–H groups in total. The van der Waals surface area contributed by atoms with Gasteiger partial charge in [0.15, 0.2) is 5.96 Å². The second-order valence-corrected chi connectivity index (χ2v) is 4.95. The van der Waals surface area contributed by atoms with Crippen LogP contribution in [0, 0.1) is 5.82 Å². The van der Waals surface area contributed by atoms with Crippen molar-refractivity contribution in [3.63, 3.8) is 0 Å². The van der Waals surface area contributed by atoms with Crippen molar-refractivity contribution in [3.05, 3.63) is 54.3 Å². The minimum absolute atomic E-state index is 0. The summed E-state index contributed by atoms with van der Waals surface area (Å²) in [5.74, 6) is -1.39. The molecule has 0 radical (unpaired) electrons. The number of anilines is 2. The summed E-state index contributed by atoms with van der Waals surface area (Å²) in [6.45, 7) is -0.300. The third kappa shape index (κ3) is 8.57. The van der Waals surface area contributed by atoms with E-state index in [4.69, 9.17) is 5.73 Å². The number of hydrogen-bond acceptors (Lipinski definition) is 3. The smallest absolute Gasteiger partial charge is 0.406 e. The van der Waals surface area contributed by atoms with Crippen molar-refractivity contribution in [3.8, 4) is 5.75 Å². The van der Waals surface area contributed by atoms with E-state index in [1.807, 2.05) is 0 Å². The van der Waals surface area contributed by atoms with Crippen molar-refractivity contribution in [2.45, 2.75) is 6.36 Å². The molecule has 0 aliphatic rings. The number of hydrogen-bond donors (Lipinski definition) is 3. The summed E-state index contributed by atoms with van der Waals surface area (Å²) < 4.78 is 52.7. The highest BCUT2D eigenvalue weighted by Gasteiger charge is 2.30. The van der Waals surface area contributed by atoms with Crippen LogP contribution in [0.3, 0.4) is 0 Å². The molecule has 2 aromatic rings. The first kappa shape index (κ1) is 22.5. The van der Waals surface area contributed by atoms with Crippen LogP contribution in [-0.4, -0.2) is 24.8 Å². The molecular formula is C16H15F4IN4O2. The lowest BCUT2D eigenvalue weighted by Crippen LogP contribution is -2.25. The molecular weight excluding hydrogens is 483 g/mol. The Morgan fingerprint density at radius 3 is 2.07 bits per heavy atom. The van der Waals surface area contributed by atoms with E-state index in [2.05, 4.69) is 20.4 Å². The van der Waals surface area contributed by atoms with Crippen molar-refractivity contribution in [2.24, 2.45) is 10.7 Å². The molecule has 0 atom stereocenters. The number of carbonyl (C=O) groups excluding carboxylic acids is 1. The molecule has 0 aromatic heterocycles. The monoisotopic (exact) mass is 498 g/mol. The second kappa shape index (κ2) is 9.94. The standard InChI is InChI=1S/C16H14F4N4O2.HI/c17-10-1-3-11(4-2-10)23-14(25)9-22-15(21)24-12-5-7-13(8-6-12)26-16(18,19)20;/h1-8H,9H2,(H,23,25)(H3,21,22,24);1H. The molecule has 27 heavy (non-hydrogen) atoms. The summed E-state index contributed by atoms with van der Waals surface area (Å²) in [6, 6.07) is 9.99. The average molecular weight is 498 g/mol. The minimum Gasteiger partial charge on any atom is -0.406 e. The third-order valence-electron chi connectivity index (χ3n) is 2.88. The molecule has 1 amide bonds. The lowest BCUT2D eigenvalue weighted by molar-refractivity contribution is -0.274. The Morgan fingerprint density at radius 2 is 1.52 bits per heavy atom. The topological polar surface area (TPSA) is 88.7 Å². The number of nitrogens with two attached hydrogens (primary N) is 1. The molecule has 11 heteroatoms. The van der Waals surface area contributed by atoms with Gasteiger partial charge in [-0.1, -0.05) is 0 Å². The zero-order chi connectivity index (χ0) is 19.2. The normalized spacial score (nSPS) is 11.3. The van der Waals surface area contributed by atoms with Crippen LogP contribution in [0.5, 0.6) is 5.75 Å². The quantitative estimate of drug-likeness (QED) is 0.254. The number of guanidine groups is 1. The van der Waals surface area contributed by atoms with Gasteiger partial charge in [0, 0.05) is 11.4 Å². The molecule has 0 spiro atoms. The van der Waals surface area contributed by atoms with E-state index in [9.17, 15) is 22.4 Å². The Bertz CT molecular complexity index is 781. The number of amides is 1. The van der Waals surface area contributed by atoms with Crippen LogP contribution in [0.2, 0.25) is 0 Å². The van der Waals surface area contributed by atoms with Crippen LogP contribution in [0.1, 0.15) is 0 Å². The van der Waals surface area contributed by atoms with Crippen LogP contribution in [0.25, 0.3) is 0 Å². The molecule has 0 aliphatic carbocycles. The van der Waals surface area contributed by atoms with E-state index in [-0.39, 0.29) is 42.2 Å². The fourth-order valence-corrected chi connectivity index (χ4v) is 1.82. The van der Waals surface area contributed by atoms with Crippen LogP contribution >= 0.6 is 24.0 Å². The molecule has 2 aromatic carbocycles. The van der Waals surface area contributed by atoms with Gasteiger partial charge in [0.25, 0.3) is 0 Å². The van der Waals surface area contributed by atoms with Crippen molar-refractivity contribution >= 4 is 47.2 Å². The summed E-state index contributed by atoms with van der Waals surface area (Å²) in [4.78, 5) is 15.5. The highest BCUT2D eigenvalue weighted by Crippen LogP contribution is 2.23. The van der Waals surface area contributed by atoms with Gasteiger partial charge in [-0.25, -0.2) is 9.38 Å². The summed E-state index contributed by atoms with van der Waals surface area (Å²) in [7, 11) is 0. The van der Waals surface area contributed by atoms with Crippen LogP contribution in [-0.2, 0) is 4.79 Å². The van der Waals surface area contributed by atoms with Gasteiger partial charge in [-0.3, -0.25) is 4.79 Å². The Balaban J connectivity index is 0.00000364. The van der Waals surface area contributed by atoms with Crippen molar-refractivity contribution < 1.29 is 27.1 Å². The van der Waals surface area contributed by atoms with Crippen molar-refractivity contribution in [2.75, 3.05) is 17.2 Å².